The minimum atomic E-state index is -0.450. The van der Waals surface area contributed by atoms with E-state index in [1.54, 1.807) is 42.5 Å². The van der Waals surface area contributed by atoms with Crippen LogP contribution in [-0.2, 0) is 9.59 Å². The normalized spacial score (nSPS) is 13.7. The monoisotopic (exact) mass is 454 g/mol. The SMILES string of the molecule is CCOc1cccc(N2C(=O)C(Nc3ccc(OC)c(Cl)c3)=C(c3cccs3)C2=O)c1. The van der Waals surface area contributed by atoms with E-state index >= 15 is 0 Å². The molecule has 0 fully saturated rings. The summed E-state index contributed by atoms with van der Waals surface area (Å²) < 4.78 is 10.7. The number of hydrogen-bond donors (Lipinski definition) is 1. The second-order valence-corrected chi connectivity index (χ2v) is 7.93. The van der Waals surface area contributed by atoms with Crippen LogP contribution in [0.25, 0.3) is 5.57 Å². The molecule has 0 bridgehead atoms. The number of ether oxygens (including phenoxy) is 2. The third kappa shape index (κ3) is 4.02. The Bertz CT molecular complexity index is 1170. The predicted octanol–water partition coefficient (Wildman–Crippen LogP) is 5.21. The molecule has 3 aromatic rings. The van der Waals surface area contributed by atoms with Crippen molar-refractivity contribution in [3.05, 3.63) is 75.6 Å². The van der Waals surface area contributed by atoms with Crippen molar-refractivity contribution in [2.45, 2.75) is 6.92 Å². The van der Waals surface area contributed by atoms with E-state index in [0.717, 1.165) is 4.90 Å². The summed E-state index contributed by atoms with van der Waals surface area (Å²) in [6.45, 7) is 2.35. The molecule has 2 heterocycles. The summed E-state index contributed by atoms with van der Waals surface area (Å²) >= 11 is 7.62. The molecule has 1 aliphatic rings. The Balaban J connectivity index is 1.75. The number of imide groups is 1. The number of carbonyl (C=O) groups is 2. The quantitative estimate of drug-likeness (QED) is 0.496. The number of carbonyl (C=O) groups excluding carboxylic acids is 2. The minimum Gasteiger partial charge on any atom is -0.495 e. The van der Waals surface area contributed by atoms with Crippen molar-refractivity contribution in [2.24, 2.45) is 0 Å². The molecule has 0 radical (unpaired) electrons. The Labute approximate surface area is 188 Å². The average molecular weight is 455 g/mol. The number of anilines is 2. The second-order valence-electron chi connectivity index (χ2n) is 6.58. The standard InChI is InChI=1S/C23H19ClN2O4S/c1-3-30-16-7-4-6-15(13-16)26-22(27)20(19-8-5-11-31-19)21(23(26)28)25-14-9-10-18(29-2)17(24)12-14/h4-13,25H,3H2,1-2H3. The fourth-order valence-corrected chi connectivity index (χ4v) is 4.32. The molecule has 2 amide bonds. The first-order valence-electron chi connectivity index (χ1n) is 9.53. The lowest BCUT2D eigenvalue weighted by molar-refractivity contribution is -0.120. The number of halogens is 1. The zero-order chi connectivity index (χ0) is 22.0. The number of rotatable bonds is 7. The van der Waals surface area contributed by atoms with Crippen molar-refractivity contribution >= 4 is 51.7 Å². The van der Waals surface area contributed by atoms with Crippen LogP contribution in [0.15, 0.2) is 65.7 Å². The van der Waals surface area contributed by atoms with Crippen LogP contribution in [-0.4, -0.2) is 25.5 Å². The first-order chi connectivity index (χ1) is 15.0. The number of thiophene rings is 1. The Morgan fingerprint density at radius 1 is 1.06 bits per heavy atom. The van der Waals surface area contributed by atoms with Crippen molar-refractivity contribution in [2.75, 3.05) is 23.9 Å². The van der Waals surface area contributed by atoms with Crippen LogP contribution in [0.3, 0.4) is 0 Å². The smallest absolute Gasteiger partial charge is 0.282 e. The van der Waals surface area contributed by atoms with Crippen LogP contribution >= 0.6 is 22.9 Å². The fraction of sp³-hybridized carbons (Fsp3) is 0.130. The van der Waals surface area contributed by atoms with Gasteiger partial charge in [0, 0.05) is 16.6 Å². The highest BCUT2D eigenvalue weighted by molar-refractivity contribution is 7.11. The summed E-state index contributed by atoms with van der Waals surface area (Å²) in [5, 5.41) is 5.35. The van der Waals surface area contributed by atoms with Gasteiger partial charge >= 0.3 is 0 Å². The van der Waals surface area contributed by atoms with Gasteiger partial charge in [0.2, 0.25) is 0 Å². The fourth-order valence-electron chi connectivity index (χ4n) is 3.30. The Morgan fingerprint density at radius 2 is 1.90 bits per heavy atom. The van der Waals surface area contributed by atoms with E-state index < -0.39 is 11.8 Å². The van der Waals surface area contributed by atoms with Gasteiger partial charge in [0.1, 0.15) is 17.2 Å². The van der Waals surface area contributed by atoms with Crippen molar-refractivity contribution in [1.29, 1.82) is 0 Å². The van der Waals surface area contributed by atoms with Gasteiger partial charge < -0.3 is 14.8 Å². The number of methoxy groups -OCH3 is 1. The van der Waals surface area contributed by atoms with Gasteiger partial charge in [-0.3, -0.25) is 9.59 Å². The first-order valence-corrected chi connectivity index (χ1v) is 10.8. The van der Waals surface area contributed by atoms with Crippen LogP contribution in [0.5, 0.6) is 11.5 Å². The Morgan fingerprint density at radius 3 is 2.58 bits per heavy atom. The van der Waals surface area contributed by atoms with Gasteiger partial charge in [-0.05, 0) is 48.7 Å². The lowest BCUT2D eigenvalue weighted by Gasteiger charge is -2.16. The number of nitrogens with zero attached hydrogens (tertiary/aromatic N) is 1. The third-order valence-corrected chi connectivity index (χ3v) is 5.84. The maximum atomic E-state index is 13.4. The molecule has 158 valence electrons. The number of benzene rings is 2. The zero-order valence-electron chi connectivity index (χ0n) is 16.8. The van der Waals surface area contributed by atoms with E-state index in [1.165, 1.54) is 18.4 Å². The van der Waals surface area contributed by atoms with Gasteiger partial charge in [0.25, 0.3) is 11.8 Å². The molecule has 0 saturated heterocycles. The maximum absolute atomic E-state index is 13.4. The minimum absolute atomic E-state index is 0.190. The van der Waals surface area contributed by atoms with E-state index in [9.17, 15) is 9.59 Å². The van der Waals surface area contributed by atoms with Crippen LogP contribution in [0.2, 0.25) is 5.02 Å². The molecule has 1 aromatic heterocycles. The van der Waals surface area contributed by atoms with E-state index in [1.807, 2.05) is 24.4 Å². The van der Waals surface area contributed by atoms with E-state index in [0.29, 0.717) is 45.0 Å². The van der Waals surface area contributed by atoms with Gasteiger partial charge in [-0.15, -0.1) is 11.3 Å². The van der Waals surface area contributed by atoms with Crippen molar-refractivity contribution in [3.8, 4) is 11.5 Å². The van der Waals surface area contributed by atoms with E-state index in [2.05, 4.69) is 5.32 Å². The predicted molar refractivity (Wildman–Crippen MR) is 123 cm³/mol. The highest BCUT2D eigenvalue weighted by Crippen LogP contribution is 2.37. The van der Waals surface area contributed by atoms with Gasteiger partial charge in [-0.2, -0.15) is 0 Å². The largest absolute Gasteiger partial charge is 0.495 e. The van der Waals surface area contributed by atoms with Crippen molar-refractivity contribution in [1.82, 2.24) is 0 Å². The number of hydrogen-bond acceptors (Lipinski definition) is 6. The second kappa shape index (κ2) is 8.83. The molecule has 1 aliphatic heterocycles. The highest BCUT2D eigenvalue weighted by atomic mass is 35.5. The summed E-state index contributed by atoms with van der Waals surface area (Å²) in [4.78, 5) is 28.6. The van der Waals surface area contributed by atoms with Crippen molar-refractivity contribution in [3.63, 3.8) is 0 Å². The number of amides is 2. The lowest BCUT2D eigenvalue weighted by Crippen LogP contribution is -2.32. The van der Waals surface area contributed by atoms with Gasteiger partial charge in [-0.25, -0.2) is 4.90 Å². The van der Waals surface area contributed by atoms with E-state index in [4.69, 9.17) is 21.1 Å². The molecular formula is C23H19ClN2O4S. The summed E-state index contributed by atoms with van der Waals surface area (Å²) in [5.74, 6) is 0.252. The molecular weight excluding hydrogens is 436 g/mol. The molecule has 0 atom stereocenters. The third-order valence-electron chi connectivity index (χ3n) is 4.66. The van der Waals surface area contributed by atoms with Gasteiger partial charge in [0.15, 0.2) is 0 Å². The first kappa shape index (κ1) is 21.0. The molecule has 2 aromatic carbocycles. The Hall–Kier alpha value is -3.29. The molecule has 0 aliphatic carbocycles. The molecule has 6 nitrogen and oxygen atoms in total. The maximum Gasteiger partial charge on any atom is 0.282 e. The molecule has 0 unspecified atom stereocenters. The topological polar surface area (TPSA) is 67.9 Å². The summed E-state index contributed by atoms with van der Waals surface area (Å²) in [5.41, 5.74) is 1.52. The molecule has 1 N–H and O–H groups in total. The highest BCUT2D eigenvalue weighted by Gasteiger charge is 2.40. The summed E-state index contributed by atoms with van der Waals surface area (Å²) in [6, 6.07) is 15.6. The lowest BCUT2D eigenvalue weighted by atomic mass is 10.2. The van der Waals surface area contributed by atoms with E-state index in [-0.39, 0.29) is 5.70 Å². The van der Waals surface area contributed by atoms with Crippen LogP contribution in [0.4, 0.5) is 11.4 Å². The van der Waals surface area contributed by atoms with Crippen LogP contribution in [0, 0.1) is 0 Å². The summed E-state index contributed by atoms with van der Waals surface area (Å²) in [6.07, 6.45) is 0. The molecule has 0 spiro atoms. The van der Waals surface area contributed by atoms with Gasteiger partial charge in [-0.1, -0.05) is 23.7 Å². The average Bonchev–Trinajstić information content (AvgIpc) is 3.35. The number of nitrogens with one attached hydrogen (secondary N) is 1. The molecule has 8 heteroatoms. The Kier molecular flexibility index (Phi) is 5.97. The summed E-state index contributed by atoms with van der Waals surface area (Å²) in [7, 11) is 1.53. The zero-order valence-corrected chi connectivity index (χ0v) is 18.4. The van der Waals surface area contributed by atoms with Crippen molar-refractivity contribution < 1.29 is 19.1 Å². The van der Waals surface area contributed by atoms with Gasteiger partial charge in [0.05, 0.1) is 30.0 Å². The molecule has 4 rings (SSSR count). The molecule has 0 saturated carbocycles. The van der Waals surface area contributed by atoms with Crippen LogP contribution < -0.4 is 19.7 Å². The van der Waals surface area contributed by atoms with Crippen LogP contribution in [0.1, 0.15) is 11.8 Å². The molecule has 31 heavy (non-hydrogen) atoms.